The Morgan fingerprint density at radius 2 is 1.92 bits per heavy atom. The topological polar surface area (TPSA) is 54.2 Å². The first-order valence-corrected chi connectivity index (χ1v) is 9.12. The predicted molar refractivity (Wildman–Crippen MR) is 105 cm³/mol. The van der Waals surface area contributed by atoms with Crippen LogP contribution >= 0.6 is 0 Å². The molecule has 25 heavy (non-hydrogen) atoms. The van der Waals surface area contributed by atoms with Gasteiger partial charge in [0.1, 0.15) is 0 Å². The number of rotatable bonds is 8. The van der Waals surface area contributed by atoms with Crippen LogP contribution in [-0.4, -0.2) is 35.1 Å². The molecule has 2 N–H and O–H groups in total. The van der Waals surface area contributed by atoms with E-state index in [1.54, 1.807) is 6.20 Å². The summed E-state index contributed by atoms with van der Waals surface area (Å²) in [5.74, 6) is 0.862. The van der Waals surface area contributed by atoms with Crippen molar-refractivity contribution < 1.29 is 0 Å². The summed E-state index contributed by atoms with van der Waals surface area (Å²) in [7, 11) is 0. The van der Waals surface area contributed by atoms with E-state index in [-0.39, 0.29) is 5.41 Å². The zero-order valence-corrected chi connectivity index (χ0v) is 15.9. The van der Waals surface area contributed by atoms with Crippen molar-refractivity contribution in [1.82, 2.24) is 20.2 Å². The second kappa shape index (κ2) is 9.25. The molecule has 136 valence electrons. The monoisotopic (exact) mass is 341 g/mol. The lowest BCUT2D eigenvalue weighted by Gasteiger charge is -2.24. The molecule has 1 aromatic carbocycles. The van der Waals surface area contributed by atoms with Crippen molar-refractivity contribution >= 4 is 5.96 Å². The summed E-state index contributed by atoms with van der Waals surface area (Å²) in [5, 5.41) is 6.71. The Kier molecular flexibility index (Phi) is 7.04. The van der Waals surface area contributed by atoms with Gasteiger partial charge in [0.2, 0.25) is 0 Å². The molecule has 0 bridgehead atoms. The fourth-order valence-corrected chi connectivity index (χ4v) is 2.62. The lowest BCUT2D eigenvalue weighted by atomic mass is 9.84. The van der Waals surface area contributed by atoms with E-state index in [1.165, 1.54) is 11.1 Å². The van der Waals surface area contributed by atoms with E-state index in [0.717, 1.165) is 38.6 Å². The highest BCUT2D eigenvalue weighted by atomic mass is 15.2. The van der Waals surface area contributed by atoms with Crippen molar-refractivity contribution in [3.05, 3.63) is 54.1 Å². The lowest BCUT2D eigenvalue weighted by Crippen LogP contribution is -2.39. The van der Waals surface area contributed by atoms with Crippen LogP contribution in [0.2, 0.25) is 0 Å². The lowest BCUT2D eigenvalue weighted by molar-refractivity contribution is 0.536. The van der Waals surface area contributed by atoms with Crippen molar-refractivity contribution in [2.75, 3.05) is 19.6 Å². The van der Waals surface area contributed by atoms with Crippen LogP contribution < -0.4 is 10.6 Å². The Morgan fingerprint density at radius 1 is 1.16 bits per heavy atom. The number of aryl methyl sites for hydroxylation is 1. The van der Waals surface area contributed by atoms with E-state index >= 15 is 0 Å². The Bertz CT molecular complexity index is 641. The standard InChI is InChI=1S/C20H31N5/c1-5-17-7-9-18(10-8-17)20(3,4)15-24-19(22-6-2)23-12-14-25-13-11-21-16-25/h7-11,13,16H,5-6,12,14-15H2,1-4H3,(H2,22,23,24). The SMILES string of the molecule is CCNC(=NCC(C)(C)c1ccc(CC)cc1)NCCn1ccnc1. The minimum atomic E-state index is -0.00102. The van der Waals surface area contributed by atoms with Crippen molar-refractivity contribution in [1.29, 1.82) is 0 Å². The molecular formula is C20H31N5. The van der Waals surface area contributed by atoms with Crippen molar-refractivity contribution in [2.24, 2.45) is 4.99 Å². The number of hydrogen-bond donors (Lipinski definition) is 2. The van der Waals surface area contributed by atoms with E-state index < -0.39 is 0 Å². The van der Waals surface area contributed by atoms with Gasteiger partial charge in [0.05, 0.1) is 12.9 Å². The molecule has 5 heteroatoms. The smallest absolute Gasteiger partial charge is 0.191 e. The van der Waals surface area contributed by atoms with Crippen molar-refractivity contribution in [3.8, 4) is 0 Å². The summed E-state index contributed by atoms with van der Waals surface area (Å²) in [6.45, 7) is 12.0. The maximum absolute atomic E-state index is 4.79. The highest BCUT2D eigenvalue weighted by molar-refractivity contribution is 5.79. The first-order chi connectivity index (χ1) is 12.0. The van der Waals surface area contributed by atoms with E-state index in [1.807, 2.05) is 12.5 Å². The molecule has 0 saturated carbocycles. The first kappa shape index (κ1) is 19.0. The largest absolute Gasteiger partial charge is 0.357 e. The normalized spacial score (nSPS) is 12.2. The van der Waals surface area contributed by atoms with E-state index in [9.17, 15) is 0 Å². The number of aliphatic imine (C=N–C) groups is 1. The van der Waals surface area contributed by atoms with Crippen LogP contribution in [0.1, 0.15) is 38.8 Å². The maximum atomic E-state index is 4.79. The van der Waals surface area contributed by atoms with Gasteiger partial charge >= 0.3 is 0 Å². The van der Waals surface area contributed by atoms with E-state index in [4.69, 9.17) is 4.99 Å². The van der Waals surface area contributed by atoms with Crippen molar-refractivity contribution in [3.63, 3.8) is 0 Å². The van der Waals surface area contributed by atoms with E-state index in [2.05, 4.69) is 72.1 Å². The van der Waals surface area contributed by atoms with Gasteiger partial charge in [-0.3, -0.25) is 4.99 Å². The van der Waals surface area contributed by atoms with Gasteiger partial charge in [-0.15, -0.1) is 0 Å². The Morgan fingerprint density at radius 3 is 2.52 bits per heavy atom. The zero-order valence-electron chi connectivity index (χ0n) is 15.9. The predicted octanol–water partition coefficient (Wildman–Crippen LogP) is 2.98. The third-order valence-electron chi connectivity index (χ3n) is 4.34. The molecule has 2 rings (SSSR count). The van der Waals surface area contributed by atoms with Gasteiger partial charge in [-0.05, 0) is 24.5 Å². The number of nitrogens with zero attached hydrogens (tertiary/aromatic N) is 3. The average Bonchev–Trinajstić information content (AvgIpc) is 3.13. The summed E-state index contributed by atoms with van der Waals surface area (Å²) < 4.78 is 2.05. The second-order valence-electron chi connectivity index (χ2n) is 6.86. The minimum Gasteiger partial charge on any atom is -0.357 e. The summed E-state index contributed by atoms with van der Waals surface area (Å²) in [6, 6.07) is 8.90. The van der Waals surface area contributed by atoms with Crippen LogP contribution in [0.25, 0.3) is 0 Å². The summed E-state index contributed by atoms with van der Waals surface area (Å²) >= 11 is 0. The number of hydrogen-bond acceptors (Lipinski definition) is 2. The second-order valence-corrected chi connectivity index (χ2v) is 6.86. The highest BCUT2D eigenvalue weighted by Gasteiger charge is 2.20. The van der Waals surface area contributed by atoms with Gasteiger partial charge in [-0.25, -0.2) is 4.98 Å². The summed E-state index contributed by atoms with van der Waals surface area (Å²) in [5.41, 5.74) is 2.69. The molecule has 0 spiro atoms. The molecule has 0 radical (unpaired) electrons. The molecule has 1 heterocycles. The molecule has 0 aliphatic rings. The molecule has 5 nitrogen and oxygen atoms in total. The van der Waals surface area contributed by atoms with Crippen LogP contribution in [0, 0.1) is 0 Å². The molecule has 0 aliphatic carbocycles. The fraction of sp³-hybridized carbons (Fsp3) is 0.500. The van der Waals surface area contributed by atoms with Crippen LogP contribution in [-0.2, 0) is 18.4 Å². The van der Waals surface area contributed by atoms with Gasteiger partial charge in [-0.2, -0.15) is 0 Å². The number of benzene rings is 1. The Labute approximate surface area is 151 Å². The molecule has 2 aromatic rings. The number of nitrogens with one attached hydrogen (secondary N) is 2. The Balaban J connectivity index is 1.95. The average molecular weight is 342 g/mol. The quantitative estimate of drug-likeness (QED) is 0.573. The molecular weight excluding hydrogens is 310 g/mol. The van der Waals surface area contributed by atoms with Crippen LogP contribution in [0.15, 0.2) is 48.0 Å². The molecule has 0 amide bonds. The fourth-order valence-electron chi connectivity index (χ4n) is 2.62. The van der Waals surface area contributed by atoms with Crippen molar-refractivity contribution in [2.45, 2.75) is 46.1 Å². The summed E-state index contributed by atoms with van der Waals surface area (Å²) in [6.07, 6.45) is 6.67. The third-order valence-corrected chi connectivity index (χ3v) is 4.34. The minimum absolute atomic E-state index is 0.00102. The van der Waals surface area contributed by atoms with Gasteiger partial charge in [-0.1, -0.05) is 45.0 Å². The van der Waals surface area contributed by atoms with Crippen LogP contribution in [0.3, 0.4) is 0 Å². The van der Waals surface area contributed by atoms with Crippen LogP contribution in [0.5, 0.6) is 0 Å². The molecule has 0 atom stereocenters. The molecule has 0 saturated heterocycles. The Hall–Kier alpha value is -2.30. The maximum Gasteiger partial charge on any atom is 0.191 e. The third kappa shape index (κ3) is 5.93. The first-order valence-electron chi connectivity index (χ1n) is 9.12. The number of aromatic nitrogens is 2. The van der Waals surface area contributed by atoms with Crippen LogP contribution in [0.4, 0.5) is 0 Å². The summed E-state index contributed by atoms with van der Waals surface area (Å²) in [4.78, 5) is 8.85. The number of imidazole rings is 1. The van der Waals surface area contributed by atoms with Gasteiger partial charge in [0, 0.05) is 37.4 Å². The molecule has 0 fully saturated rings. The van der Waals surface area contributed by atoms with Gasteiger partial charge < -0.3 is 15.2 Å². The molecule has 1 aromatic heterocycles. The van der Waals surface area contributed by atoms with Gasteiger partial charge in [0.15, 0.2) is 5.96 Å². The zero-order chi connectivity index (χ0) is 18.1. The molecule has 0 unspecified atom stereocenters. The molecule has 0 aliphatic heterocycles. The van der Waals surface area contributed by atoms with Gasteiger partial charge in [0.25, 0.3) is 0 Å². The van der Waals surface area contributed by atoms with E-state index in [0.29, 0.717) is 0 Å². The highest BCUT2D eigenvalue weighted by Crippen LogP contribution is 2.24. The number of guanidine groups is 1.